The summed E-state index contributed by atoms with van der Waals surface area (Å²) in [5.74, 6) is 10.4. The topological polar surface area (TPSA) is 23.8 Å². The molecule has 0 saturated heterocycles. The van der Waals surface area contributed by atoms with Crippen LogP contribution >= 0.6 is 0 Å². The van der Waals surface area contributed by atoms with Crippen LogP contribution in [0.5, 0.6) is 0 Å². The van der Waals surface area contributed by atoms with Crippen molar-refractivity contribution >= 4 is 0 Å². The number of hydrogen-bond acceptors (Lipinski definition) is 1. The van der Waals surface area contributed by atoms with E-state index in [1.807, 2.05) is 5.92 Å². The van der Waals surface area contributed by atoms with Crippen LogP contribution in [-0.2, 0) is 0 Å². The molecule has 0 bridgehead atoms. The summed E-state index contributed by atoms with van der Waals surface area (Å²) in [6, 6.07) is 1.57. The van der Waals surface area contributed by atoms with Crippen molar-refractivity contribution in [2.24, 2.45) is 0 Å². The van der Waals surface area contributed by atoms with E-state index in [-0.39, 0.29) is 18.9 Å². The molecule has 1 nitrogen and oxygen atoms in total. The van der Waals surface area contributed by atoms with Gasteiger partial charge in [0.1, 0.15) is 0 Å². The maximum absolute atomic E-state index is 7.81. The largest absolute Gasteiger partial charge is 1.00 e. The maximum Gasteiger partial charge on any atom is 1.00 e. The summed E-state index contributed by atoms with van der Waals surface area (Å²) in [5, 5.41) is 7.81. The minimum atomic E-state index is 0. The molecule has 0 aliphatic heterocycles. The number of nitriles is 1. The van der Waals surface area contributed by atoms with Crippen molar-refractivity contribution in [2.45, 2.75) is 0 Å². The summed E-state index contributed by atoms with van der Waals surface area (Å²) in [6.45, 7) is 0. The number of hydrogen-bond donors (Lipinski definition) is 0. The summed E-state index contributed by atoms with van der Waals surface area (Å²) in [7, 11) is 0. The summed E-state index contributed by atoms with van der Waals surface area (Å²) >= 11 is 0. The van der Waals surface area contributed by atoms with Crippen LogP contribution in [0.2, 0.25) is 0 Å². The van der Waals surface area contributed by atoms with Gasteiger partial charge >= 0.3 is 18.9 Å². The molecule has 0 fully saturated rings. The second-order valence-electron chi connectivity index (χ2n) is 0.737. The van der Waals surface area contributed by atoms with Gasteiger partial charge in [-0.2, -0.15) is 5.26 Å². The molecule has 0 amide bonds. The molecule has 0 heterocycles. The Morgan fingerprint density at radius 2 is 1.56 bits per heavy atom. The van der Waals surface area contributed by atoms with Crippen LogP contribution in [0.15, 0.2) is 0 Å². The van der Waals surface area contributed by atoms with Gasteiger partial charge in [0.15, 0.2) is 6.07 Å². The van der Waals surface area contributed by atoms with E-state index in [0.717, 1.165) is 0 Å². The molecule has 34 valence electrons. The molecule has 9 heavy (non-hydrogen) atoms. The van der Waals surface area contributed by atoms with Crippen LogP contribution in [-0.4, -0.2) is 0 Å². The molecular weight excluding hydrogens is 105 g/mol. The molecule has 0 aliphatic carbocycles. The zero-order valence-corrected chi connectivity index (χ0v) is 4.95. The van der Waals surface area contributed by atoms with Crippen LogP contribution in [0, 0.1) is 47.4 Å². The fourth-order valence-electron chi connectivity index (χ4n) is 0.122. The third-order valence-corrected chi connectivity index (χ3v) is 0.306. The van der Waals surface area contributed by atoms with Crippen molar-refractivity contribution in [3.05, 3.63) is 6.42 Å². The van der Waals surface area contributed by atoms with Gasteiger partial charge in [0, 0.05) is 5.92 Å². The fraction of sp³-hybridized carbons (Fsp3) is 0. The van der Waals surface area contributed by atoms with Crippen LogP contribution in [0.4, 0.5) is 0 Å². The summed E-state index contributed by atoms with van der Waals surface area (Å²) in [5.41, 5.74) is 0. The van der Waals surface area contributed by atoms with Crippen molar-refractivity contribution in [2.75, 3.05) is 0 Å². The Kier molecular flexibility index (Phi) is 11.8. The molecule has 2 heteroatoms. The van der Waals surface area contributed by atoms with Crippen molar-refractivity contribution in [3.8, 4) is 35.7 Å². The monoisotopic (exact) mass is 105 g/mol. The summed E-state index contributed by atoms with van der Waals surface area (Å²) in [4.78, 5) is 0. The smallest absolute Gasteiger partial charge is 0.358 e. The summed E-state index contributed by atoms with van der Waals surface area (Å²) in [6.07, 6.45) is 6.26. The van der Waals surface area contributed by atoms with Gasteiger partial charge in [-0.25, -0.2) is 5.92 Å². The fourth-order valence-corrected chi connectivity index (χ4v) is 0.122. The first-order valence-corrected chi connectivity index (χ1v) is 1.72. The predicted octanol–water partition coefficient (Wildman–Crippen LogP) is -2.89. The molecule has 0 aromatic rings. The molecule has 0 atom stereocenters. The van der Waals surface area contributed by atoms with Crippen molar-refractivity contribution in [3.63, 3.8) is 0 Å². The van der Waals surface area contributed by atoms with E-state index in [4.69, 9.17) is 11.7 Å². The predicted molar refractivity (Wildman–Crippen MR) is 28.3 cm³/mol. The normalized spacial score (nSPS) is 2.89. The maximum atomic E-state index is 7.81. The summed E-state index contributed by atoms with van der Waals surface area (Å²) < 4.78 is 0. The first-order chi connectivity index (χ1) is 3.91. The molecule has 0 unspecified atom stereocenters. The molecule has 0 spiro atoms. The Morgan fingerprint density at radius 1 is 1.00 bits per heavy atom. The van der Waals surface area contributed by atoms with E-state index in [2.05, 4.69) is 17.8 Å². The second-order valence-corrected chi connectivity index (χ2v) is 0.737. The van der Waals surface area contributed by atoms with Crippen molar-refractivity contribution in [1.82, 2.24) is 0 Å². The second kappa shape index (κ2) is 9.90. The Morgan fingerprint density at radius 3 is 2.00 bits per heavy atom. The number of rotatable bonds is 0. The van der Waals surface area contributed by atoms with Crippen molar-refractivity contribution < 1.29 is 18.9 Å². The number of nitrogens with zero attached hydrogens (tertiary/aromatic N) is 1. The van der Waals surface area contributed by atoms with Crippen molar-refractivity contribution in [1.29, 1.82) is 5.26 Å². The van der Waals surface area contributed by atoms with Crippen LogP contribution in [0.3, 0.4) is 0 Å². The molecule has 0 aliphatic rings. The Labute approximate surface area is 66.6 Å². The minimum Gasteiger partial charge on any atom is -0.358 e. The van der Waals surface area contributed by atoms with Gasteiger partial charge in [0.2, 0.25) is 0 Å². The van der Waals surface area contributed by atoms with E-state index < -0.39 is 0 Å². The third-order valence-electron chi connectivity index (χ3n) is 0.306. The van der Waals surface area contributed by atoms with E-state index in [9.17, 15) is 0 Å². The Hall–Kier alpha value is -1.23. The van der Waals surface area contributed by atoms with E-state index in [1.54, 1.807) is 12.0 Å². The van der Waals surface area contributed by atoms with Gasteiger partial charge < -0.3 is 6.42 Å². The molecule has 0 aromatic carbocycles. The molecule has 0 N–H and O–H groups in total. The zero-order valence-electron chi connectivity index (χ0n) is 4.95. The first-order valence-electron chi connectivity index (χ1n) is 1.72. The van der Waals surface area contributed by atoms with E-state index in [1.165, 1.54) is 0 Å². The Balaban J connectivity index is 0. The van der Waals surface area contributed by atoms with Gasteiger partial charge in [-0.05, 0) is 5.92 Å². The van der Waals surface area contributed by atoms with Gasteiger partial charge in [-0.3, -0.25) is 5.92 Å². The average molecular weight is 105 g/mol. The van der Waals surface area contributed by atoms with Gasteiger partial charge in [0.25, 0.3) is 0 Å². The van der Waals surface area contributed by atoms with Gasteiger partial charge in [-0.15, -0.1) is 5.92 Å². The molecule has 0 rings (SSSR count). The van der Waals surface area contributed by atoms with E-state index >= 15 is 0 Å². The molecule has 0 saturated carbocycles. The van der Waals surface area contributed by atoms with Crippen LogP contribution in [0.1, 0.15) is 0 Å². The minimum absolute atomic E-state index is 0. The molecular formula is C7LiN. The molecule has 0 aromatic heterocycles. The van der Waals surface area contributed by atoms with E-state index in [0.29, 0.717) is 0 Å². The standard InChI is InChI=1S/C7N.Li/c1-2-3-4-5-6-7-8;/q-1;+1. The first kappa shape index (κ1) is 10.7. The molecule has 0 radical (unpaired) electrons. The van der Waals surface area contributed by atoms with Crippen LogP contribution in [0.25, 0.3) is 0 Å². The van der Waals surface area contributed by atoms with Gasteiger partial charge in [0.05, 0.1) is 0 Å². The van der Waals surface area contributed by atoms with Crippen LogP contribution < -0.4 is 18.9 Å². The Bertz CT molecular complexity index is 226. The SMILES string of the molecule is [C-]#CC#CC#CC#N.[Li+]. The quantitative estimate of drug-likeness (QED) is 0.184. The zero-order chi connectivity index (χ0) is 6.24. The van der Waals surface area contributed by atoms with Gasteiger partial charge in [-0.1, -0.05) is 0 Å². The average Bonchev–Trinajstić information content (AvgIpc) is 1.81. The third kappa shape index (κ3) is 10.8.